The second-order valence-corrected chi connectivity index (χ2v) is 4.25. The first-order valence-electron chi connectivity index (χ1n) is 6.03. The largest absolute Gasteiger partial charge is 0.397 e. The van der Waals surface area contributed by atoms with Crippen LogP contribution < -0.4 is 11.5 Å². The molecule has 0 saturated carbocycles. The van der Waals surface area contributed by atoms with Crippen LogP contribution >= 0.6 is 0 Å². The monoisotopic (exact) mass is 264 g/mol. The van der Waals surface area contributed by atoms with E-state index in [2.05, 4.69) is 20.6 Å². The van der Waals surface area contributed by atoms with Gasteiger partial charge >= 0.3 is 0 Å². The minimum Gasteiger partial charge on any atom is -0.397 e. The van der Waals surface area contributed by atoms with Gasteiger partial charge in [0.2, 0.25) is 0 Å². The SMILES string of the molecule is Nc1cccc(-c2nnnnc2-c2ccccc2)c1N. The molecule has 0 spiro atoms. The van der Waals surface area contributed by atoms with Crippen LogP contribution in [0.2, 0.25) is 0 Å². The Bertz CT molecular complexity index is 742. The van der Waals surface area contributed by atoms with Gasteiger partial charge in [0.1, 0.15) is 11.4 Å². The maximum atomic E-state index is 6.02. The molecule has 0 aliphatic carbocycles. The van der Waals surface area contributed by atoms with Crippen molar-refractivity contribution in [3.05, 3.63) is 48.5 Å². The van der Waals surface area contributed by atoms with Crippen LogP contribution in [0.3, 0.4) is 0 Å². The van der Waals surface area contributed by atoms with Gasteiger partial charge in [0.15, 0.2) is 0 Å². The summed E-state index contributed by atoms with van der Waals surface area (Å²) in [4.78, 5) is 0. The van der Waals surface area contributed by atoms with Crippen LogP contribution in [-0.4, -0.2) is 20.6 Å². The molecule has 0 bridgehead atoms. The molecule has 20 heavy (non-hydrogen) atoms. The van der Waals surface area contributed by atoms with Crippen LogP contribution in [0.1, 0.15) is 0 Å². The van der Waals surface area contributed by atoms with E-state index in [-0.39, 0.29) is 0 Å². The number of benzene rings is 2. The molecule has 6 nitrogen and oxygen atoms in total. The summed E-state index contributed by atoms with van der Waals surface area (Å²) in [6, 6.07) is 15.0. The Morgan fingerprint density at radius 3 is 2.15 bits per heavy atom. The van der Waals surface area contributed by atoms with E-state index in [1.54, 1.807) is 6.07 Å². The highest BCUT2D eigenvalue weighted by Crippen LogP contribution is 2.33. The fourth-order valence-corrected chi connectivity index (χ4v) is 1.99. The van der Waals surface area contributed by atoms with Crippen LogP contribution in [0, 0.1) is 0 Å². The predicted octanol–water partition coefficient (Wildman–Crippen LogP) is 1.76. The molecule has 4 N–H and O–H groups in total. The van der Waals surface area contributed by atoms with E-state index in [1.807, 2.05) is 42.5 Å². The standard InChI is InChI=1S/C14H12N6/c15-11-8-4-7-10(12(11)16)14-13(17-19-20-18-14)9-5-2-1-3-6-9/h1-8H,15-16H2. The fourth-order valence-electron chi connectivity index (χ4n) is 1.99. The summed E-state index contributed by atoms with van der Waals surface area (Å²) < 4.78 is 0. The van der Waals surface area contributed by atoms with E-state index >= 15 is 0 Å². The lowest BCUT2D eigenvalue weighted by Crippen LogP contribution is -2.03. The predicted molar refractivity (Wildman–Crippen MR) is 77.3 cm³/mol. The lowest BCUT2D eigenvalue weighted by atomic mass is 10.0. The first-order chi connectivity index (χ1) is 9.77. The molecular weight excluding hydrogens is 252 g/mol. The maximum absolute atomic E-state index is 6.02. The van der Waals surface area contributed by atoms with E-state index in [0.29, 0.717) is 28.3 Å². The van der Waals surface area contributed by atoms with Gasteiger partial charge in [0.25, 0.3) is 0 Å². The smallest absolute Gasteiger partial charge is 0.125 e. The van der Waals surface area contributed by atoms with Crippen molar-refractivity contribution < 1.29 is 0 Å². The highest BCUT2D eigenvalue weighted by Gasteiger charge is 2.15. The first kappa shape index (κ1) is 12.0. The minimum atomic E-state index is 0.465. The molecule has 6 heteroatoms. The molecule has 0 aliphatic rings. The van der Waals surface area contributed by atoms with Gasteiger partial charge in [-0.05, 0) is 16.5 Å². The zero-order chi connectivity index (χ0) is 13.9. The number of hydrogen-bond acceptors (Lipinski definition) is 6. The van der Waals surface area contributed by atoms with Crippen molar-refractivity contribution in [3.63, 3.8) is 0 Å². The summed E-state index contributed by atoms with van der Waals surface area (Å²) in [5.41, 5.74) is 15.6. The first-order valence-corrected chi connectivity index (χ1v) is 6.03. The molecule has 3 rings (SSSR count). The third-order valence-corrected chi connectivity index (χ3v) is 3.00. The van der Waals surface area contributed by atoms with Gasteiger partial charge in [-0.1, -0.05) is 42.5 Å². The van der Waals surface area contributed by atoms with Crippen LogP contribution in [-0.2, 0) is 0 Å². The maximum Gasteiger partial charge on any atom is 0.125 e. The van der Waals surface area contributed by atoms with Gasteiger partial charge in [0, 0.05) is 11.1 Å². The Labute approximate surface area is 115 Å². The molecule has 1 aromatic heterocycles. The van der Waals surface area contributed by atoms with Crippen LogP contribution in [0.25, 0.3) is 22.5 Å². The summed E-state index contributed by atoms with van der Waals surface area (Å²) in [7, 11) is 0. The van der Waals surface area contributed by atoms with E-state index in [4.69, 9.17) is 11.5 Å². The average Bonchev–Trinajstić information content (AvgIpc) is 2.51. The Kier molecular flexibility index (Phi) is 2.96. The molecule has 0 saturated heterocycles. The third-order valence-electron chi connectivity index (χ3n) is 3.00. The molecule has 98 valence electrons. The third kappa shape index (κ3) is 2.03. The zero-order valence-electron chi connectivity index (χ0n) is 10.6. The van der Waals surface area contributed by atoms with Crippen LogP contribution in [0.5, 0.6) is 0 Å². The molecule has 3 aromatic rings. The fraction of sp³-hybridized carbons (Fsp3) is 0. The Hall–Kier alpha value is -3.02. The topological polar surface area (TPSA) is 104 Å². The number of hydrogen-bond donors (Lipinski definition) is 2. The van der Waals surface area contributed by atoms with Crippen LogP contribution in [0.4, 0.5) is 11.4 Å². The number of nitrogens with two attached hydrogens (primary N) is 2. The summed E-state index contributed by atoms with van der Waals surface area (Å²) in [5.74, 6) is 0. The van der Waals surface area contributed by atoms with Crippen molar-refractivity contribution in [1.82, 2.24) is 20.6 Å². The Balaban J connectivity index is 2.23. The quantitative estimate of drug-likeness (QED) is 0.683. The Morgan fingerprint density at radius 1 is 0.700 bits per heavy atom. The van der Waals surface area contributed by atoms with Gasteiger partial charge in [-0.3, -0.25) is 0 Å². The number of rotatable bonds is 2. The van der Waals surface area contributed by atoms with E-state index in [1.165, 1.54) is 0 Å². The summed E-state index contributed by atoms with van der Waals surface area (Å²) >= 11 is 0. The minimum absolute atomic E-state index is 0.465. The molecule has 0 aliphatic heterocycles. The van der Waals surface area contributed by atoms with Crippen molar-refractivity contribution in [3.8, 4) is 22.5 Å². The molecule has 0 amide bonds. The number of nitrogens with zero attached hydrogens (tertiary/aromatic N) is 4. The van der Waals surface area contributed by atoms with Gasteiger partial charge in [0.05, 0.1) is 11.4 Å². The average molecular weight is 264 g/mol. The lowest BCUT2D eigenvalue weighted by Gasteiger charge is -2.09. The number of aromatic nitrogens is 4. The van der Waals surface area contributed by atoms with Crippen molar-refractivity contribution in [2.45, 2.75) is 0 Å². The highest BCUT2D eigenvalue weighted by molar-refractivity contribution is 5.88. The zero-order valence-corrected chi connectivity index (χ0v) is 10.6. The molecule has 2 aromatic carbocycles. The van der Waals surface area contributed by atoms with E-state index in [9.17, 15) is 0 Å². The van der Waals surface area contributed by atoms with E-state index in [0.717, 1.165) is 5.56 Å². The van der Waals surface area contributed by atoms with Crippen molar-refractivity contribution in [1.29, 1.82) is 0 Å². The molecular formula is C14H12N6. The molecule has 1 heterocycles. The second-order valence-electron chi connectivity index (χ2n) is 4.25. The normalized spacial score (nSPS) is 10.4. The second kappa shape index (κ2) is 4.93. The highest BCUT2D eigenvalue weighted by atomic mass is 15.4. The Morgan fingerprint density at radius 2 is 1.40 bits per heavy atom. The summed E-state index contributed by atoms with van der Waals surface area (Å²) in [6.07, 6.45) is 0. The summed E-state index contributed by atoms with van der Waals surface area (Å²) in [5, 5.41) is 15.4. The van der Waals surface area contributed by atoms with Crippen molar-refractivity contribution in [2.24, 2.45) is 0 Å². The van der Waals surface area contributed by atoms with Crippen molar-refractivity contribution >= 4 is 11.4 Å². The van der Waals surface area contributed by atoms with Crippen molar-refractivity contribution in [2.75, 3.05) is 11.5 Å². The van der Waals surface area contributed by atoms with E-state index < -0.39 is 0 Å². The number of anilines is 2. The van der Waals surface area contributed by atoms with Gasteiger partial charge in [-0.25, -0.2) is 0 Å². The lowest BCUT2D eigenvalue weighted by molar-refractivity contribution is 0.772. The van der Waals surface area contributed by atoms with Gasteiger partial charge in [-0.15, -0.1) is 10.2 Å². The van der Waals surface area contributed by atoms with Crippen LogP contribution in [0.15, 0.2) is 48.5 Å². The van der Waals surface area contributed by atoms with Gasteiger partial charge in [-0.2, -0.15) is 0 Å². The molecule has 0 fully saturated rings. The molecule has 0 unspecified atom stereocenters. The number of para-hydroxylation sites is 1. The molecule has 0 radical (unpaired) electrons. The number of nitrogen functional groups attached to an aromatic ring is 2. The molecule has 0 atom stereocenters. The van der Waals surface area contributed by atoms with Gasteiger partial charge < -0.3 is 11.5 Å². The summed E-state index contributed by atoms with van der Waals surface area (Å²) in [6.45, 7) is 0.